The van der Waals surface area contributed by atoms with Crippen molar-refractivity contribution >= 4 is 15.9 Å². The molecule has 1 unspecified atom stereocenters. The zero-order chi connectivity index (χ0) is 14.5. The van der Waals surface area contributed by atoms with Crippen LogP contribution in [0.2, 0.25) is 0 Å². The van der Waals surface area contributed by atoms with E-state index in [1.165, 1.54) is 0 Å². The number of aliphatic hydroxyl groups excluding tert-OH is 1. The molecule has 2 aromatic rings. The zero-order valence-electron chi connectivity index (χ0n) is 11.5. The molecule has 0 bridgehead atoms. The Bertz CT molecular complexity index is 582. The molecular weight excluding hydrogens is 320 g/mol. The minimum absolute atomic E-state index is 0.572. The van der Waals surface area contributed by atoms with E-state index in [9.17, 15) is 5.11 Å². The van der Waals surface area contributed by atoms with Crippen LogP contribution >= 0.6 is 15.9 Å². The van der Waals surface area contributed by atoms with Gasteiger partial charge in [-0.05, 0) is 38.1 Å². The van der Waals surface area contributed by atoms with E-state index in [1.807, 2.05) is 49.4 Å². The minimum atomic E-state index is -0.600. The predicted molar refractivity (Wildman–Crippen MR) is 82.5 cm³/mol. The van der Waals surface area contributed by atoms with Gasteiger partial charge in [-0.25, -0.2) is 0 Å². The molecule has 20 heavy (non-hydrogen) atoms. The molecule has 2 aromatic carbocycles. The van der Waals surface area contributed by atoms with Crippen LogP contribution in [-0.4, -0.2) is 11.7 Å². The fraction of sp³-hybridized carbons (Fsp3) is 0.250. The number of hydrogen-bond acceptors (Lipinski definition) is 3. The molecule has 4 heteroatoms. The minimum Gasteiger partial charge on any atom is -0.490 e. The standard InChI is InChI=1S/C16H17BrO3/c1-3-19-14-6-4-5-7-15(14)20-16-10-12(17)8-9-13(16)11(2)18/h4-11,18H,3H2,1-2H3. The van der Waals surface area contributed by atoms with Crippen molar-refractivity contribution in [3.63, 3.8) is 0 Å². The lowest BCUT2D eigenvalue weighted by Gasteiger charge is -2.15. The van der Waals surface area contributed by atoms with Gasteiger partial charge in [-0.2, -0.15) is 0 Å². The predicted octanol–water partition coefficient (Wildman–Crippen LogP) is 4.69. The van der Waals surface area contributed by atoms with Crippen molar-refractivity contribution in [1.29, 1.82) is 0 Å². The second-order valence-corrected chi connectivity index (χ2v) is 5.26. The lowest BCUT2D eigenvalue weighted by atomic mass is 10.1. The average Bonchev–Trinajstić information content (AvgIpc) is 2.41. The third-order valence-corrected chi connectivity index (χ3v) is 3.29. The molecule has 0 amide bonds. The average molecular weight is 337 g/mol. The molecule has 1 atom stereocenters. The van der Waals surface area contributed by atoms with Crippen molar-refractivity contribution in [3.8, 4) is 17.2 Å². The van der Waals surface area contributed by atoms with Gasteiger partial charge in [0.1, 0.15) is 5.75 Å². The fourth-order valence-electron chi connectivity index (χ4n) is 1.87. The van der Waals surface area contributed by atoms with Crippen molar-refractivity contribution < 1.29 is 14.6 Å². The van der Waals surface area contributed by atoms with Crippen LogP contribution in [0, 0.1) is 0 Å². The largest absolute Gasteiger partial charge is 0.490 e. The molecule has 3 nitrogen and oxygen atoms in total. The SMILES string of the molecule is CCOc1ccccc1Oc1cc(Br)ccc1C(C)O. The summed E-state index contributed by atoms with van der Waals surface area (Å²) in [5, 5.41) is 9.82. The van der Waals surface area contributed by atoms with Gasteiger partial charge in [-0.1, -0.05) is 34.1 Å². The molecule has 0 aliphatic rings. The summed E-state index contributed by atoms with van der Waals surface area (Å²) in [7, 11) is 0. The smallest absolute Gasteiger partial charge is 0.169 e. The molecule has 0 aliphatic heterocycles. The number of ether oxygens (including phenoxy) is 2. The Morgan fingerprint density at radius 2 is 1.80 bits per heavy atom. The Labute approximate surface area is 127 Å². The summed E-state index contributed by atoms with van der Waals surface area (Å²) in [5.41, 5.74) is 0.736. The highest BCUT2D eigenvalue weighted by Crippen LogP contribution is 2.36. The summed E-state index contributed by atoms with van der Waals surface area (Å²) < 4.78 is 12.4. The summed E-state index contributed by atoms with van der Waals surface area (Å²) in [4.78, 5) is 0. The highest BCUT2D eigenvalue weighted by molar-refractivity contribution is 9.10. The third kappa shape index (κ3) is 3.52. The molecule has 1 N–H and O–H groups in total. The zero-order valence-corrected chi connectivity index (χ0v) is 13.1. The summed E-state index contributed by atoms with van der Waals surface area (Å²) in [5.74, 6) is 1.93. The molecule has 0 fully saturated rings. The van der Waals surface area contributed by atoms with Gasteiger partial charge in [0, 0.05) is 10.0 Å². The fourth-order valence-corrected chi connectivity index (χ4v) is 2.21. The maximum Gasteiger partial charge on any atom is 0.169 e. The second kappa shape index (κ2) is 6.77. The van der Waals surface area contributed by atoms with Gasteiger partial charge in [0.2, 0.25) is 0 Å². The van der Waals surface area contributed by atoms with E-state index < -0.39 is 6.10 Å². The van der Waals surface area contributed by atoms with E-state index in [1.54, 1.807) is 6.92 Å². The van der Waals surface area contributed by atoms with E-state index in [0.29, 0.717) is 23.9 Å². The van der Waals surface area contributed by atoms with Crippen molar-refractivity contribution in [2.75, 3.05) is 6.61 Å². The lowest BCUT2D eigenvalue weighted by Crippen LogP contribution is -1.98. The number of para-hydroxylation sites is 2. The molecule has 0 aliphatic carbocycles. The topological polar surface area (TPSA) is 38.7 Å². The van der Waals surface area contributed by atoms with Crippen molar-refractivity contribution in [1.82, 2.24) is 0 Å². The first kappa shape index (κ1) is 14.9. The molecule has 106 valence electrons. The molecule has 2 rings (SSSR count). The third-order valence-electron chi connectivity index (χ3n) is 2.79. The van der Waals surface area contributed by atoms with Crippen LogP contribution in [0.15, 0.2) is 46.9 Å². The van der Waals surface area contributed by atoms with E-state index in [4.69, 9.17) is 9.47 Å². The molecule has 0 saturated carbocycles. The first-order valence-corrected chi connectivity index (χ1v) is 7.28. The molecule has 0 spiro atoms. The number of rotatable bonds is 5. The highest BCUT2D eigenvalue weighted by Gasteiger charge is 2.12. The molecule has 0 heterocycles. The van der Waals surface area contributed by atoms with Crippen LogP contribution in [0.3, 0.4) is 0 Å². The molecule has 0 saturated heterocycles. The van der Waals surface area contributed by atoms with Gasteiger partial charge in [0.05, 0.1) is 12.7 Å². The normalized spacial score (nSPS) is 12.0. The van der Waals surface area contributed by atoms with Gasteiger partial charge < -0.3 is 14.6 Å². The Morgan fingerprint density at radius 3 is 2.45 bits per heavy atom. The Morgan fingerprint density at radius 1 is 1.10 bits per heavy atom. The maximum atomic E-state index is 9.82. The Kier molecular flexibility index (Phi) is 5.04. The van der Waals surface area contributed by atoms with Crippen molar-refractivity contribution in [2.24, 2.45) is 0 Å². The van der Waals surface area contributed by atoms with Crippen LogP contribution in [0.25, 0.3) is 0 Å². The summed E-state index contributed by atoms with van der Waals surface area (Å²) in [6.45, 7) is 4.21. The maximum absolute atomic E-state index is 9.82. The second-order valence-electron chi connectivity index (χ2n) is 4.34. The molecular formula is C16H17BrO3. The van der Waals surface area contributed by atoms with Crippen LogP contribution in [0.1, 0.15) is 25.5 Å². The molecule has 0 aromatic heterocycles. The van der Waals surface area contributed by atoms with E-state index in [2.05, 4.69) is 15.9 Å². The van der Waals surface area contributed by atoms with Gasteiger partial charge in [0.25, 0.3) is 0 Å². The van der Waals surface area contributed by atoms with Crippen molar-refractivity contribution in [2.45, 2.75) is 20.0 Å². The first-order chi connectivity index (χ1) is 9.61. The van der Waals surface area contributed by atoms with E-state index in [0.717, 1.165) is 10.0 Å². The van der Waals surface area contributed by atoms with E-state index in [-0.39, 0.29) is 0 Å². The summed E-state index contributed by atoms with van der Waals surface area (Å²) in [6.07, 6.45) is -0.600. The van der Waals surface area contributed by atoms with Gasteiger partial charge >= 0.3 is 0 Å². The number of halogens is 1. The number of hydrogen-bond donors (Lipinski definition) is 1. The quantitative estimate of drug-likeness (QED) is 0.860. The van der Waals surface area contributed by atoms with E-state index >= 15 is 0 Å². The molecule has 0 radical (unpaired) electrons. The monoisotopic (exact) mass is 336 g/mol. The van der Waals surface area contributed by atoms with Crippen LogP contribution in [0.4, 0.5) is 0 Å². The van der Waals surface area contributed by atoms with Crippen LogP contribution < -0.4 is 9.47 Å². The number of benzene rings is 2. The van der Waals surface area contributed by atoms with Crippen molar-refractivity contribution in [3.05, 3.63) is 52.5 Å². The highest BCUT2D eigenvalue weighted by atomic mass is 79.9. The van der Waals surface area contributed by atoms with Gasteiger partial charge in [-0.15, -0.1) is 0 Å². The Hall–Kier alpha value is -1.52. The van der Waals surface area contributed by atoms with Crippen LogP contribution in [0.5, 0.6) is 17.2 Å². The summed E-state index contributed by atoms with van der Waals surface area (Å²) in [6, 6.07) is 13.0. The Balaban J connectivity index is 2.37. The van der Waals surface area contributed by atoms with Crippen LogP contribution in [-0.2, 0) is 0 Å². The first-order valence-electron chi connectivity index (χ1n) is 6.49. The van der Waals surface area contributed by atoms with Gasteiger partial charge in [-0.3, -0.25) is 0 Å². The van der Waals surface area contributed by atoms with Gasteiger partial charge in [0.15, 0.2) is 11.5 Å². The lowest BCUT2D eigenvalue weighted by molar-refractivity contribution is 0.195. The number of aliphatic hydroxyl groups is 1. The summed E-state index contributed by atoms with van der Waals surface area (Å²) >= 11 is 3.42.